The van der Waals surface area contributed by atoms with E-state index in [-0.39, 0.29) is 20.9 Å². The predicted molar refractivity (Wildman–Crippen MR) is 69.3 cm³/mol. The summed E-state index contributed by atoms with van der Waals surface area (Å²) in [5.74, 6) is -0.831. The van der Waals surface area contributed by atoms with Crippen LogP contribution in [0.1, 0.15) is 0 Å². The molecule has 1 heterocycles. The summed E-state index contributed by atoms with van der Waals surface area (Å²) in [4.78, 5) is 7.21. The molecule has 0 atom stereocenters. The molecule has 5 nitrogen and oxygen atoms in total. The van der Waals surface area contributed by atoms with Crippen LogP contribution < -0.4 is 4.72 Å². The fourth-order valence-electron chi connectivity index (χ4n) is 1.22. The van der Waals surface area contributed by atoms with Crippen molar-refractivity contribution in [2.75, 3.05) is 4.72 Å². The topological polar surface area (TPSA) is 72.0 Å². The van der Waals surface area contributed by atoms with Gasteiger partial charge in [0.25, 0.3) is 10.0 Å². The van der Waals surface area contributed by atoms with E-state index >= 15 is 0 Å². The fourth-order valence-corrected chi connectivity index (χ4v) is 2.72. The molecule has 0 aliphatic carbocycles. The number of benzene rings is 1. The first-order valence-electron chi connectivity index (χ1n) is 4.84. The molecule has 1 aromatic heterocycles. The number of hydrogen-bond acceptors (Lipinski definition) is 4. The number of nitrogens with one attached hydrogen (secondary N) is 1. The average Bonchev–Trinajstić information content (AvgIpc) is 2.35. The molecule has 0 saturated heterocycles. The van der Waals surface area contributed by atoms with Gasteiger partial charge in [0, 0.05) is 12.4 Å². The Labute approximate surface area is 118 Å². The van der Waals surface area contributed by atoms with Gasteiger partial charge in [-0.1, -0.05) is 23.2 Å². The molecule has 0 saturated carbocycles. The first-order valence-corrected chi connectivity index (χ1v) is 7.08. The molecule has 2 rings (SSSR count). The van der Waals surface area contributed by atoms with Crippen molar-refractivity contribution in [1.29, 1.82) is 0 Å². The molecule has 0 unspecified atom stereocenters. The van der Waals surface area contributed by atoms with Crippen molar-refractivity contribution in [1.82, 2.24) is 9.97 Å². The maximum absolute atomic E-state index is 13.0. The van der Waals surface area contributed by atoms with Gasteiger partial charge < -0.3 is 0 Å². The van der Waals surface area contributed by atoms with Gasteiger partial charge in [-0.15, -0.1) is 0 Å². The lowest BCUT2D eigenvalue weighted by Crippen LogP contribution is -2.14. The third-order valence-corrected chi connectivity index (χ3v) is 3.99. The molecule has 0 amide bonds. The van der Waals surface area contributed by atoms with Crippen molar-refractivity contribution in [3.8, 4) is 0 Å². The summed E-state index contributed by atoms with van der Waals surface area (Å²) in [5, 5.41) is -0.396. The zero-order valence-electron chi connectivity index (χ0n) is 9.14. The Morgan fingerprint density at radius 3 is 2.47 bits per heavy atom. The van der Waals surface area contributed by atoms with E-state index in [1.165, 1.54) is 12.4 Å². The van der Waals surface area contributed by atoms with Crippen LogP contribution in [0.4, 0.5) is 10.2 Å². The van der Waals surface area contributed by atoms with Crippen LogP contribution in [0.25, 0.3) is 0 Å². The molecule has 1 N–H and O–H groups in total. The molecule has 2 aromatic rings. The van der Waals surface area contributed by atoms with Crippen molar-refractivity contribution in [3.05, 3.63) is 46.6 Å². The number of sulfonamides is 1. The minimum Gasteiger partial charge on any atom is -0.261 e. The monoisotopic (exact) mass is 321 g/mol. The second-order valence-electron chi connectivity index (χ2n) is 3.38. The van der Waals surface area contributed by atoms with E-state index in [1.807, 2.05) is 0 Å². The standard InChI is InChI=1S/C10H6Cl2FN3O2S/c11-7-5-6(1-2-8(7)13)19(17,18)16-10-9(12)14-3-4-15-10/h1-5H,(H,15,16). The van der Waals surface area contributed by atoms with Crippen LogP contribution in [0.5, 0.6) is 0 Å². The molecule has 0 fully saturated rings. The van der Waals surface area contributed by atoms with Crippen LogP contribution in [0, 0.1) is 5.82 Å². The summed E-state index contributed by atoms with van der Waals surface area (Å²) < 4.78 is 39.1. The van der Waals surface area contributed by atoms with Crippen molar-refractivity contribution in [3.63, 3.8) is 0 Å². The van der Waals surface area contributed by atoms with E-state index in [0.29, 0.717) is 0 Å². The van der Waals surface area contributed by atoms with Crippen LogP contribution in [0.2, 0.25) is 10.2 Å². The molecule has 0 spiro atoms. The van der Waals surface area contributed by atoms with E-state index in [1.54, 1.807) is 0 Å². The number of hydrogen-bond donors (Lipinski definition) is 1. The Morgan fingerprint density at radius 1 is 1.16 bits per heavy atom. The van der Waals surface area contributed by atoms with Crippen LogP contribution in [0.3, 0.4) is 0 Å². The highest BCUT2D eigenvalue weighted by Crippen LogP contribution is 2.23. The van der Waals surface area contributed by atoms with E-state index < -0.39 is 15.8 Å². The van der Waals surface area contributed by atoms with Gasteiger partial charge in [0.15, 0.2) is 11.0 Å². The number of halogens is 3. The molecule has 100 valence electrons. The van der Waals surface area contributed by atoms with Gasteiger partial charge in [0.1, 0.15) is 5.82 Å². The van der Waals surface area contributed by atoms with Gasteiger partial charge in [0.05, 0.1) is 9.92 Å². The lowest BCUT2D eigenvalue weighted by atomic mass is 10.3. The SMILES string of the molecule is O=S(=O)(Nc1nccnc1Cl)c1ccc(F)c(Cl)c1. The smallest absolute Gasteiger partial charge is 0.261 e. The van der Waals surface area contributed by atoms with Gasteiger partial charge in [0.2, 0.25) is 0 Å². The molecule has 0 aliphatic rings. The summed E-state index contributed by atoms with van der Waals surface area (Å²) in [7, 11) is -3.96. The first-order chi connectivity index (χ1) is 8.90. The predicted octanol–water partition coefficient (Wildman–Crippen LogP) is 2.72. The van der Waals surface area contributed by atoms with Gasteiger partial charge in [-0.2, -0.15) is 0 Å². The lowest BCUT2D eigenvalue weighted by molar-refractivity contribution is 0.599. The largest absolute Gasteiger partial charge is 0.263 e. The maximum Gasteiger partial charge on any atom is 0.263 e. The Hall–Kier alpha value is -1.44. The van der Waals surface area contributed by atoms with E-state index in [4.69, 9.17) is 23.2 Å². The minimum absolute atomic E-state index is 0.0979. The van der Waals surface area contributed by atoms with Crippen molar-refractivity contribution >= 4 is 39.0 Å². The average molecular weight is 322 g/mol. The number of aromatic nitrogens is 2. The summed E-state index contributed by atoms with van der Waals surface area (Å²) in [6.07, 6.45) is 2.59. The molecular formula is C10H6Cl2FN3O2S. The van der Waals surface area contributed by atoms with Gasteiger partial charge in [-0.3, -0.25) is 4.72 Å². The fraction of sp³-hybridized carbons (Fsp3) is 0. The third kappa shape index (κ3) is 3.12. The summed E-state index contributed by atoms with van der Waals surface area (Å²) in [5.41, 5.74) is 0. The normalized spacial score (nSPS) is 11.3. The van der Waals surface area contributed by atoms with E-state index in [9.17, 15) is 12.8 Å². The quantitative estimate of drug-likeness (QED) is 0.943. The summed E-state index contributed by atoms with van der Waals surface area (Å²) in [6, 6.07) is 3.02. The highest BCUT2D eigenvalue weighted by Gasteiger charge is 2.18. The molecule has 19 heavy (non-hydrogen) atoms. The van der Waals surface area contributed by atoms with E-state index in [0.717, 1.165) is 18.2 Å². The van der Waals surface area contributed by atoms with Crippen molar-refractivity contribution in [2.45, 2.75) is 4.90 Å². The highest BCUT2D eigenvalue weighted by molar-refractivity contribution is 7.92. The van der Waals surface area contributed by atoms with Crippen LogP contribution in [-0.2, 0) is 10.0 Å². The highest BCUT2D eigenvalue weighted by atomic mass is 35.5. The molecule has 1 aromatic carbocycles. The Kier molecular flexibility index (Phi) is 3.88. The van der Waals surface area contributed by atoms with Gasteiger partial charge in [-0.05, 0) is 18.2 Å². The zero-order valence-corrected chi connectivity index (χ0v) is 11.5. The molecule has 0 bridgehead atoms. The zero-order chi connectivity index (χ0) is 14.0. The Bertz CT molecular complexity index is 724. The maximum atomic E-state index is 13.0. The second-order valence-corrected chi connectivity index (χ2v) is 5.82. The molecule has 0 aliphatic heterocycles. The molecule has 0 radical (unpaired) electrons. The Morgan fingerprint density at radius 2 is 1.84 bits per heavy atom. The number of nitrogens with zero attached hydrogens (tertiary/aromatic N) is 2. The summed E-state index contributed by atoms with van der Waals surface area (Å²) in [6.45, 7) is 0. The van der Waals surface area contributed by atoms with Gasteiger partial charge >= 0.3 is 0 Å². The van der Waals surface area contributed by atoms with Crippen LogP contribution >= 0.6 is 23.2 Å². The molecular weight excluding hydrogens is 316 g/mol. The van der Waals surface area contributed by atoms with Crippen LogP contribution in [0.15, 0.2) is 35.5 Å². The molecule has 9 heteroatoms. The van der Waals surface area contributed by atoms with Crippen molar-refractivity contribution in [2.24, 2.45) is 0 Å². The lowest BCUT2D eigenvalue weighted by Gasteiger charge is -2.08. The minimum atomic E-state index is -3.96. The first kappa shape index (κ1) is 14.0. The van der Waals surface area contributed by atoms with Crippen LogP contribution in [-0.4, -0.2) is 18.4 Å². The third-order valence-electron chi connectivity index (χ3n) is 2.09. The van der Waals surface area contributed by atoms with Gasteiger partial charge in [-0.25, -0.2) is 22.8 Å². The summed E-state index contributed by atoms with van der Waals surface area (Å²) >= 11 is 11.2. The van der Waals surface area contributed by atoms with E-state index in [2.05, 4.69) is 14.7 Å². The number of rotatable bonds is 3. The Balaban J connectivity index is 2.38. The second kappa shape index (κ2) is 5.28. The number of anilines is 1. The van der Waals surface area contributed by atoms with Crippen molar-refractivity contribution < 1.29 is 12.8 Å².